The minimum atomic E-state index is 0.0383. The lowest BCUT2D eigenvalue weighted by Gasteiger charge is -2.04. The lowest BCUT2D eigenvalue weighted by atomic mass is 10.2. The van der Waals surface area contributed by atoms with Crippen LogP contribution in [0, 0.1) is 0 Å². The fourth-order valence-corrected chi connectivity index (χ4v) is 1.46. The highest BCUT2D eigenvalue weighted by molar-refractivity contribution is 5.76. The molecule has 0 saturated heterocycles. The zero-order valence-electron chi connectivity index (χ0n) is 9.39. The molecule has 0 aliphatic rings. The van der Waals surface area contributed by atoms with E-state index in [-0.39, 0.29) is 5.91 Å². The first-order valence-corrected chi connectivity index (χ1v) is 5.47. The van der Waals surface area contributed by atoms with Gasteiger partial charge in [-0.3, -0.25) is 9.78 Å². The number of nitrogens with one attached hydrogen (secondary N) is 2. The van der Waals surface area contributed by atoms with Crippen molar-refractivity contribution in [3.63, 3.8) is 0 Å². The SMILES string of the molecule is O=C(CCc1cnc[nH]1)NCc1ccncc1. The van der Waals surface area contributed by atoms with Crippen molar-refractivity contribution in [1.82, 2.24) is 20.3 Å². The molecule has 17 heavy (non-hydrogen) atoms. The molecule has 0 aromatic carbocycles. The number of carbonyl (C=O) groups excluding carboxylic acids is 1. The van der Waals surface area contributed by atoms with E-state index < -0.39 is 0 Å². The number of aryl methyl sites for hydroxylation is 1. The van der Waals surface area contributed by atoms with Gasteiger partial charge in [-0.15, -0.1) is 0 Å². The van der Waals surface area contributed by atoms with Crippen LogP contribution in [0.5, 0.6) is 0 Å². The highest BCUT2D eigenvalue weighted by atomic mass is 16.1. The van der Waals surface area contributed by atoms with Crippen molar-refractivity contribution in [3.05, 3.63) is 48.3 Å². The summed E-state index contributed by atoms with van der Waals surface area (Å²) in [6, 6.07) is 3.77. The third-order valence-electron chi connectivity index (χ3n) is 2.42. The number of pyridine rings is 1. The molecule has 5 nitrogen and oxygen atoms in total. The monoisotopic (exact) mass is 230 g/mol. The Morgan fingerprint density at radius 2 is 2.12 bits per heavy atom. The average molecular weight is 230 g/mol. The zero-order chi connectivity index (χ0) is 11.9. The molecule has 0 radical (unpaired) electrons. The summed E-state index contributed by atoms with van der Waals surface area (Å²) in [4.78, 5) is 22.3. The van der Waals surface area contributed by atoms with Gasteiger partial charge in [-0.2, -0.15) is 0 Å². The standard InChI is InChI=1S/C12H14N4O/c17-12(2-1-11-8-14-9-16-11)15-7-10-3-5-13-6-4-10/h3-6,8-9H,1-2,7H2,(H,14,16)(H,15,17). The average Bonchev–Trinajstić information content (AvgIpc) is 2.88. The smallest absolute Gasteiger partial charge is 0.220 e. The summed E-state index contributed by atoms with van der Waals surface area (Å²) < 4.78 is 0. The predicted octanol–water partition coefficient (Wildman–Crippen LogP) is 1.05. The van der Waals surface area contributed by atoms with Gasteiger partial charge in [0.05, 0.1) is 6.33 Å². The van der Waals surface area contributed by atoms with Gasteiger partial charge < -0.3 is 10.3 Å². The molecule has 2 aromatic rings. The van der Waals surface area contributed by atoms with Gasteiger partial charge in [-0.1, -0.05) is 0 Å². The summed E-state index contributed by atoms with van der Waals surface area (Å²) >= 11 is 0. The summed E-state index contributed by atoms with van der Waals surface area (Å²) in [5.41, 5.74) is 2.03. The highest BCUT2D eigenvalue weighted by Crippen LogP contribution is 1.98. The second kappa shape index (κ2) is 5.79. The summed E-state index contributed by atoms with van der Waals surface area (Å²) in [5, 5.41) is 2.86. The van der Waals surface area contributed by atoms with E-state index in [1.54, 1.807) is 24.9 Å². The molecule has 2 N–H and O–H groups in total. The summed E-state index contributed by atoms with van der Waals surface area (Å²) in [7, 11) is 0. The lowest BCUT2D eigenvalue weighted by Crippen LogP contribution is -2.23. The van der Waals surface area contributed by atoms with Crippen molar-refractivity contribution in [2.24, 2.45) is 0 Å². The van der Waals surface area contributed by atoms with Crippen LogP contribution in [-0.4, -0.2) is 20.9 Å². The van der Waals surface area contributed by atoms with Crippen LogP contribution in [0.1, 0.15) is 17.7 Å². The molecular weight excluding hydrogens is 216 g/mol. The maximum Gasteiger partial charge on any atom is 0.220 e. The third kappa shape index (κ3) is 3.71. The Hall–Kier alpha value is -2.17. The van der Waals surface area contributed by atoms with Crippen molar-refractivity contribution in [2.75, 3.05) is 0 Å². The molecule has 2 rings (SSSR count). The largest absolute Gasteiger partial charge is 0.352 e. The Morgan fingerprint density at radius 1 is 1.29 bits per heavy atom. The normalized spacial score (nSPS) is 10.1. The molecule has 0 spiro atoms. The van der Waals surface area contributed by atoms with Crippen molar-refractivity contribution in [2.45, 2.75) is 19.4 Å². The number of rotatable bonds is 5. The molecule has 2 heterocycles. The molecule has 0 bridgehead atoms. The molecule has 0 aliphatic carbocycles. The number of imidazole rings is 1. The van der Waals surface area contributed by atoms with Crippen LogP contribution >= 0.6 is 0 Å². The van der Waals surface area contributed by atoms with Gasteiger partial charge in [0.1, 0.15) is 0 Å². The van der Waals surface area contributed by atoms with Gasteiger partial charge in [0.2, 0.25) is 5.91 Å². The molecule has 5 heteroatoms. The van der Waals surface area contributed by atoms with E-state index >= 15 is 0 Å². The number of nitrogens with zero attached hydrogens (tertiary/aromatic N) is 2. The van der Waals surface area contributed by atoms with Crippen molar-refractivity contribution >= 4 is 5.91 Å². The fourth-order valence-electron chi connectivity index (χ4n) is 1.46. The van der Waals surface area contributed by atoms with E-state index in [9.17, 15) is 4.79 Å². The second-order valence-corrected chi connectivity index (χ2v) is 3.71. The van der Waals surface area contributed by atoms with E-state index in [0.717, 1.165) is 11.3 Å². The van der Waals surface area contributed by atoms with Gasteiger partial charge in [0, 0.05) is 37.3 Å². The lowest BCUT2D eigenvalue weighted by molar-refractivity contribution is -0.121. The highest BCUT2D eigenvalue weighted by Gasteiger charge is 2.02. The topological polar surface area (TPSA) is 70.7 Å². The molecule has 0 fully saturated rings. The maximum absolute atomic E-state index is 11.6. The minimum Gasteiger partial charge on any atom is -0.352 e. The van der Waals surface area contributed by atoms with Crippen molar-refractivity contribution in [3.8, 4) is 0 Å². The van der Waals surface area contributed by atoms with Gasteiger partial charge >= 0.3 is 0 Å². The first-order chi connectivity index (χ1) is 8.34. The number of amides is 1. The number of hydrogen-bond acceptors (Lipinski definition) is 3. The van der Waals surface area contributed by atoms with Crippen molar-refractivity contribution < 1.29 is 4.79 Å². The minimum absolute atomic E-state index is 0.0383. The molecule has 0 saturated carbocycles. The first kappa shape index (κ1) is 11.3. The van der Waals surface area contributed by atoms with E-state index in [4.69, 9.17) is 0 Å². The molecule has 0 atom stereocenters. The van der Waals surface area contributed by atoms with Gasteiger partial charge in [-0.05, 0) is 24.1 Å². The Bertz CT molecular complexity index is 453. The zero-order valence-corrected chi connectivity index (χ0v) is 9.39. The van der Waals surface area contributed by atoms with E-state index in [0.29, 0.717) is 19.4 Å². The Kier molecular flexibility index (Phi) is 3.85. The number of hydrogen-bond donors (Lipinski definition) is 2. The van der Waals surface area contributed by atoms with E-state index in [2.05, 4.69) is 20.3 Å². The van der Waals surface area contributed by atoms with Gasteiger partial charge in [0.15, 0.2) is 0 Å². The molecule has 1 amide bonds. The second-order valence-electron chi connectivity index (χ2n) is 3.71. The quantitative estimate of drug-likeness (QED) is 0.806. The fraction of sp³-hybridized carbons (Fsp3) is 0.250. The summed E-state index contributed by atoms with van der Waals surface area (Å²) in [6.45, 7) is 0.546. The third-order valence-corrected chi connectivity index (χ3v) is 2.42. The van der Waals surface area contributed by atoms with Gasteiger partial charge in [0.25, 0.3) is 0 Å². The Balaban J connectivity index is 1.71. The number of carbonyl (C=O) groups is 1. The molecular formula is C12H14N4O. The molecule has 88 valence electrons. The van der Waals surface area contributed by atoms with Crippen LogP contribution in [0.4, 0.5) is 0 Å². The van der Waals surface area contributed by atoms with Gasteiger partial charge in [-0.25, -0.2) is 4.98 Å². The van der Waals surface area contributed by atoms with Crippen LogP contribution in [0.3, 0.4) is 0 Å². The molecule has 0 unspecified atom stereocenters. The van der Waals surface area contributed by atoms with Crippen molar-refractivity contribution in [1.29, 1.82) is 0 Å². The number of aromatic nitrogens is 3. The van der Waals surface area contributed by atoms with Crippen LogP contribution < -0.4 is 5.32 Å². The Morgan fingerprint density at radius 3 is 2.82 bits per heavy atom. The molecule has 0 aliphatic heterocycles. The molecule has 2 aromatic heterocycles. The Labute approximate surface area is 99.3 Å². The van der Waals surface area contributed by atoms with Crippen LogP contribution in [0.2, 0.25) is 0 Å². The van der Waals surface area contributed by atoms with Crippen LogP contribution in [0.25, 0.3) is 0 Å². The first-order valence-electron chi connectivity index (χ1n) is 5.47. The van der Waals surface area contributed by atoms with E-state index in [1.165, 1.54) is 0 Å². The van der Waals surface area contributed by atoms with E-state index in [1.807, 2.05) is 12.1 Å². The predicted molar refractivity (Wildman–Crippen MR) is 63.0 cm³/mol. The summed E-state index contributed by atoms with van der Waals surface area (Å²) in [6.07, 6.45) is 7.92. The summed E-state index contributed by atoms with van der Waals surface area (Å²) in [5.74, 6) is 0.0383. The maximum atomic E-state index is 11.6. The number of H-pyrrole nitrogens is 1. The number of aromatic amines is 1. The van der Waals surface area contributed by atoms with Crippen LogP contribution in [-0.2, 0) is 17.8 Å². The van der Waals surface area contributed by atoms with Crippen LogP contribution in [0.15, 0.2) is 37.1 Å².